The topological polar surface area (TPSA) is 32.6 Å². The number of imidazole rings is 1. The lowest BCUT2D eigenvalue weighted by atomic mass is 10.3. The molecule has 0 aromatic carbocycles. The molecule has 1 aliphatic rings. The zero-order valence-electron chi connectivity index (χ0n) is 9.56. The standard InChI is InChI=1S/C12H15IN4/c13-10-1-2-12-15-7-11(17(12)8-10)9-16-5-3-14-4-6-16/h1-2,7-8,14H,3-6,9H2. The SMILES string of the molecule is Ic1ccc2ncc(CN3CCNCC3)n2c1. The van der Waals surface area contributed by atoms with E-state index >= 15 is 0 Å². The molecular weight excluding hydrogens is 327 g/mol. The van der Waals surface area contributed by atoms with E-state index in [9.17, 15) is 0 Å². The Morgan fingerprint density at radius 2 is 2.12 bits per heavy atom. The van der Waals surface area contributed by atoms with Crippen molar-refractivity contribution in [1.82, 2.24) is 19.6 Å². The second-order valence-corrected chi connectivity index (χ2v) is 5.60. The van der Waals surface area contributed by atoms with Crippen molar-refractivity contribution in [2.24, 2.45) is 0 Å². The molecule has 0 saturated carbocycles. The van der Waals surface area contributed by atoms with Crippen molar-refractivity contribution in [3.63, 3.8) is 0 Å². The molecule has 0 aliphatic carbocycles. The van der Waals surface area contributed by atoms with Crippen LogP contribution in [0.3, 0.4) is 0 Å². The number of hydrogen-bond donors (Lipinski definition) is 1. The monoisotopic (exact) mass is 342 g/mol. The Kier molecular flexibility index (Phi) is 3.30. The van der Waals surface area contributed by atoms with Gasteiger partial charge in [-0.2, -0.15) is 0 Å². The van der Waals surface area contributed by atoms with E-state index < -0.39 is 0 Å². The fourth-order valence-corrected chi connectivity index (χ4v) is 2.68. The number of pyridine rings is 1. The molecule has 1 saturated heterocycles. The summed E-state index contributed by atoms with van der Waals surface area (Å²) in [5.41, 5.74) is 2.32. The first-order valence-electron chi connectivity index (χ1n) is 5.87. The minimum absolute atomic E-state index is 0.989. The van der Waals surface area contributed by atoms with E-state index in [1.165, 1.54) is 9.26 Å². The van der Waals surface area contributed by atoms with Gasteiger partial charge < -0.3 is 9.72 Å². The van der Waals surface area contributed by atoms with Gasteiger partial charge in [0.1, 0.15) is 5.65 Å². The van der Waals surface area contributed by atoms with Crippen LogP contribution in [0.15, 0.2) is 24.5 Å². The summed E-state index contributed by atoms with van der Waals surface area (Å²) in [6.45, 7) is 5.42. The third kappa shape index (κ3) is 2.46. The molecule has 3 rings (SSSR count). The smallest absolute Gasteiger partial charge is 0.136 e. The summed E-state index contributed by atoms with van der Waals surface area (Å²) in [6.07, 6.45) is 4.15. The fraction of sp³-hybridized carbons (Fsp3) is 0.417. The molecular formula is C12H15IN4. The molecule has 0 unspecified atom stereocenters. The second kappa shape index (κ2) is 4.91. The van der Waals surface area contributed by atoms with Crippen molar-refractivity contribution >= 4 is 28.2 Å². The molecule has 0 atom stereocenters. The van der Waals surface area contributed by atoms with Gasteiger partial charge in [-0.05, 0) is 34.7 Å². The molecule has 1 aliphatic heterocycles. The van der Waals surface area contributed by atoms with Gasteiger partial charge in [-0.15, -0.1) is 0 Å². The van der Waals surface area contributed by atoms with Crippen LogP contribution in [0.2, 0.25) is 0 Å². The number of rotatable bonds is 2. The lowest BCUT2D eigenvalue weighted by Gasteiger charge is -2.26. The van der Waals surface area contributed by atoms with Gasteiger partial charge in [0.2, 0.25) is 0 Å². The van der Waals surface area contributed by atoms with E-state index in [0.29, 0.717) is 0 Å². The molecule has 90 valence electrons. The van der Waals surface area contributed by atoms with Crippen molar-refractivity contribution in [1.29, 1.82) is 0 Å². The van der Waals surface area contributed by atoms with Gasteiger partial charge in [-0.1, -0.05) is 0 Å². The number of halogens is 1. The Bertz CT molecular complexity index is 516. The van der Waals surface area contributed by atoms with E-state index in [4.69, 9.17) is 0 Å². The highest BCUT2D eigenvalue weighted by atomic mass is 127. The number of fused-ring (bicyclic) bond motifs is 1. The maximum absolute atomic E-state index is 4.44. The van der Waals surface area contributed by atoms with Crippen molar-refractivity contribution in [2.75, 3.05) is 26.2 Å². The lowest BCUT2D eigenvalue weighted by Crippen LogP contribution is -2.43. The average Bonchev–Trinajstić information content (AvgIpc) is 2.73. The Hall–Kier alpha value is -0.660. The van der Waals surface area contributed by atoms with E-state index in [0.717, 1.165) is 38.4 Å². The first-order chi connectivity index (χ1) is 8.33. The van der Waals surface area contributed by atoms with Crippen LogP contribution in [-0.2, 0) is 6.54 Å². The lowest BCUT2D eigenvalue weighted by molar-refractivity contribution is 0.230. The average molecular weight is 342 g/mol. The highest BCUT2D eigenvalue weighted by molar-refractivity contribution is 14.1. The Morgan fingerprint density at radius 3 is 2.94 bits per heavy atom. The largest absolute Gasteiger partial charge is 0.314 e. The highest BCUT2D eigenvalue weighted by Gasteiger charge is 2.12. The number of nitrogens with one attached hydrogen (secondary N) is 1. The number of aromatic nitrogens is 2. The van der Waals surface area contributed by atoms with E-state index in [-0.39, 0.29) is 0 Å². The molecule has 0 radical (unpaired) electrons. The second-order valence-electron chi connectivity index (χ2n) is 4.35. The van der Waals surface area contributed by atoms with Crippen LogP contribution in [0.25, 0.3) is 5.65 Å². The quantitative estimate of drug-likeness (QED) is 0.837. The molecule has 0 spiro atoms. The first kappa shape index (κ1) is 11.4. The van der Waals surface area contributed by atoms with Gasteiger partial charge in [0.25, 0.3) is 0 Å². The van der Waals surface area contributed by atoms with Gasteiger partial charge in [-0.3, -0.25) is 4.90 Å². The third-order valence-corrected chi connectivity index (χ3v) is 3.78. The summed E-state index contributed by atoms with van der Waals surface area (Å²) in [6, 6.07) is 4.17. The van der Waals surface area contributed by atoms with Crippen LogP contribution >= 0.6 is 22.6 Å². The zero-order valence-corrected chi connectivity index (χ0v) is 11.7. The predicted molar refractivity (Wildman–Crippen MR) is 76.1 cm³/mol. The molecule has 1 fully saturated rings. The van der Waals surface area contributed by atoms with Gasteiger partial charge in [0.15, 0.2) is 0 Å². The fourth-order valence-electron chi connectivity index (χ4n) is 2.22. The predicted octanol–water partition coefficient (Wildman–Crippen LogP) is 1.34. The molecule has 2 aromatic heterocycles. The molecule has 17 heavy (non-hydrogen) atoms. The minimum atomic E-state index is 0.989. The molecule has 1 N–H and O–H groups in total. The molecule has 4 nitrogen and oxygen atoms in total. The van der Waals surface area contributed by atoms with Crippen molar-refractivity contribution in [2.45, 2.75) is 6.54 Å². The molecule has 0 bridgehead atoms. The summed E-state index contributed by atoms with van der Waals surface area (Å²) in [5.74, 6) is 0. The maximum Gasteiger partial charge on any atom is 0.136 e. The Balaban J connectivity index is 1.86. The molecule has 0 amide bonds. The van der Waals surface area contributed by atoms with Crippen molar-refractivity contribution < 1.29 is 0 Å². The highest BCUT2D eigenvalue weighted by Crippen LogP contribution is 2.12. The summed E-state index contributed by atoms with van der Waals surface area (Å²) >= 11 is 2.34. The molecule has 3 heterocycles. The van der Waals surface area contributed by atoms with Crippen LogP contribution in [-0.4, -0.2) is 40.5 Å². The number of nitrogens with zero attached hydrogens (tertiary/aromatic N) is 3. The summed E-state index contributed by atoms with van der Waals surface area (Å²) < 4.78 is 3.44. The molecule has 2 aromatic rings. The van der Waals surface area contributed by atoms with Gasteiger partial charge in [0, 0.05) is 42.5 Å². The zero-order chi connectivity index (χ0) is 11.7. The van der Waals surface area contributed by atoms with Gasteiger partial charge in [-0.25, -0.2) is 4.98 Å². The Labute approximate surface area is 114 Å². The van der Waals surface area contributed by atoms with Crippen molar-refractivity contribution in [3.8, 4) is 0 Å². The molecule has 5 heteroatoms. The van der Waals surface area contributed by atoms with Crippen LogP contribution in [0.5, 0.6) is 0 Å². The van der Waals surface area contributed by atoms with Gasteiger partial charge >= 0.3 is 0 Å². The number of hydrogen-bond acceptors (Lipinski definition) is 3. The van der Waals surface area contributed by atoms with Crippen LogP contribution in [0.4, 0.5) is 0 Å². The summed E-state index contributed by atoms with van der Waals surface area (Å²) in [7, 11) is 0. The third-order valence-electron chi connectivity index (χ3n) is 3.14. The minimum Gasteiger partial charge on any atom is -0.314 e. The van der Waals surface area contributed by atoms with Gasteiger partial charge in [0.05, 0.1) is 11.9 Å². The van der Waals surface area contributed by atoms with Crippen molar-refractivity contribution in [3.05, 3.63) is 33.8 Å². The van der Waals surface area contributed by atoms with E-state index in [2.05, 4.69) is 60.5 Å². The van der Waals surface area contributed by atoms with E-state index in [1.807, 2.05) is 6.20 Å². The van der Waals surface area contributed by atoms with E-state index in [1.54, 1.807) is 0 Å². The van der Waals surface area contributed by atoms with Crippen LogP contribution in [0.1, 0.15) is 5.69 Å². The normalized spacial score (nSPS) is 17.7. The first-order valence-corrected chi connectivity index (χ1v) is 6.95. The Morgan fingerprint density at radius 1 is 1.29 bits per heavy atom. The maximum atomic E-state index is 4.44. The summed E-state index contributed by atoms with van der Waals surface area (Å²) in [4.78, 5) is 6.91. The van der Waals surface area contributed by atoms with Crippen LogP contribution in [0, 0.1) is 3.57 Å². The van der Waals surface area contributed by atoms with Crippen LogP contribution < -0.4 is 5.32 Å². The summed E-state index contributed by atoms with van der Waals surface area (Å²) in [5, 5.41) is 3.38. The number of piperazine rings is 1.